The van der Waals surface area contributed by atoms with Gasteiger partial charge in [0.25, 0.3) is 5.91 Å². The summed E-state index contributed by atoms with van der Waals surface area (Å²) in [7, 11) is 1.70. The topological polar surface area (TPSA) is 42.0 Å². The maximum atomic E-state index is 12.5. The quantitative estimate of drug-likeness (QED) is 0.811. The molecule has 0 unspecified atom stereocenters. The van der Waals surface area contributed by atoms with E-state index in [2.05, 4.69) is 24.0 Å². The molecule has 2 heterocycles. The Kier molecular flexibility index (Phi) is 4.70. The summed E-state index contributed by atoms with van der Waals surface area (Å²) < 4.78 is 11.7. The van der Waals surface area contributed by atoms with Gasteiger partial charge >= 0.3 is 0 Å². The minimum atomic E-state index is -0.459. The van der Waals surface area contributed by atoms with Crippen molar-refractivity contribution >= 4 is 5.91 Å². The van der Waals surface area contributed by atoms with Crippen molar-refractivity contribution in [3.8, 4) is 5.75 Å². The van der Waals surface area contributed by atoms with Crippen LogP contribution in [0.3, 0.4) is 0 Å². The Labute approximate surface area is 156 Å². The molecule has 1 amide bonds. The molecule has 3 fully saturated rings. The van der Waals surface area contributed by atoms with Crippen LogP contribution in [-0.2, 0) is 16.0 Å². The van der Waals surface area contributed by atoms with E-state index in [4.69, 9.17) is 9.47 Å². The summed E-state index contributed by atoms with van der Waals surface area (Å²) in [4.78, 5) is 17.1. The van der Waals surface area contributed by atoms with Crippen molar-refractivity contribution < 1.29 is 14.3 Å². The van der Waals surface area contributed by atoms with Gasteiger partial charge in [-0.1, -0.05) is 12.1 Å². The van der Waals surface area contributed by atoms with Crippen molar-refractivity contribution in [3.63, 3.8) is 0 Å². The molecule has 2 aliphatic heterocycles. The van der Waals surface area contributed by atoms with Crippen LogP contribution in [0.4, 0.5) is 0 Å². The largest absolute Gasteiger partial charge is 0.497 e. The zero-order chi connectivity index (χ0) is 18.2. The first-order valence-electron chi connectivity index (χ1n) is 9.93. The number of ether oxygens (including phenoxy) is 2. The van der Waals surface area contributed by atoms with Crippen molar-refractivity contribution in [2.24, 2.45) is 0 Å². The van der Waals surface area contributed by atoms with E-state index in [1.165, 1.54) is 5.56 Å². The van der Waals surface area contributed by atoms with E-state index in [1.54, 1.807) is 7.11 Å². The predicted octanol–water partition coefficient (Wildman–Crippen LogP) is 2.48. The van der Waals surface area contributed by atoms with E-state index in [-0.39, 0.29) is 11.5 Å². The Bertz CT molecular complexity index is 646. The second kappa shape index (κ2) is 6.86. The number of hydrogen-bond donors (Lipinski definition) is 0. The van der Waals surface area contributed by atoms with Crippen molar-refractivity contribution in [3.05, 3.63) is 29.8 Å². The third-order valence-corrected chi connectivity index (χ3v) is 6.30. The van der Waals surface area contributed by atoms with Crippen LogP contribution in [0, 0.1) is 0 Å². The number of amides is 1. The van der Waals surface area contributed by atoms with Crippen molar-refractivity contribution in [1.29, 1.82) is 0 Å². The van der Waals surface area contributed by atoms with Gasteiger partial charge in [-0.25, -0.2) is 0 Å². The van der Waals surface area contributed by atoms with E-state index in [1.807, 2.05) is 17.0 Å². The average Bonchev–Trinajstić information content (AvgIpc) is 3.45. The lowest BCUT2D eigenvalue weighted by molar-refractivity contribution is -0.200. The number of methoxy groups -OCH3 is 1. The Morgan fingerprint density at radius 3 is 2.38 bits per heavy atom. The first-order valence-corrected chi connectivity index (χ1v) is 9.93. The third kappa shape index (κ3) is 3.35. The summed E-state index contributed by atoms with van der Waals surface area (Å²) in [5, 5.41) is 0. The number of benzene rings is 1. The van der Waals surface area contributed by atoms with Gasteiger partial charge in [0.15, 0.2) is 0 Å². The molecule has 4 rings (SSSR count). The van der Waals surface area contributed by atoms with Crippen molar-refractivity contribution in [2.45, 2.75) is 50.2 Å². The molecule has 2 spiro atoms. The lowest BCUT2D eigenvalue weighted by atomic mass is 9.87. The van der Waals surface area contributed by atoms with Crippen LogP contribution in [0.1, 0.15) is 38.2 Å². The van der Waals surface area contributed by atoms with Gasteiger partial charge in [-0.05, 0) is 56.7 Å². The van der Waals surface area contributed by atoms with E-state index in [9.17, 15) is 4.79 Å². The standard InChI is InChI=1S/C21H30N2O3/c1-3-23-16-20(26-21(9-10-21)19(23)24)11-14-22(15-12-20)13-8-17-4-6-18(25-2)7-5-17/h4-7H,3,8-16H2,1-2H3. The molecule has 3 aliphatic rings. The number of hydrogen-bond acceptors (Lipinski definition) is 4. The number of carbonyl (C=O) groups is 1. The lowest BCUT2D eigenvalue weighted by Crippen LogP contribution is -2.62. The highest BCUT2D eigenvalue weighted by Crippen LogP contribution is 2.49. The summed E-state index contributed by atoms with van der Waals surface area (Å²) in [6.45, 7) is 6.83. The zero-order valence-electron chi connectivity index (χ0n) is 16.0. The van der Waals surface area contributed by atoms with Crippen LogP contribution in [0.25, 0.3) is 0 Å². The second-order valence-corrected chi connectivity index (χ2v) is 8.04. The Morgan fingerprint density at radius 1 is 1.12 bits per heavy atom. The predicted molar refractivity (Wildman–Crippen MR) is 100 cm³/mol. The molecule has 5 nitrogen and oxygen atoms in total. The highest BCUT2D eigenvalue weighted by Gasteiger charge is 2.61. The van der Waals surface area contributed by atoms with Gasteiger partial charge < -0.3 is 19.3 Å². The van der Waals surface area contributed by atoms with Gasteiger partial charge in [0.05, 0.1) is 12.7 Å². The van der Waals surface area contributed by atoms with Crippen LogP contribution in [0.5, 0.6) is 5.75 Å². The van der Waals surface area contributed by atoms with Crippen molar-refractivity contribution in [2.75, 3.05) is 39.8 Å². The Balaban J connectivity index is 1.31. The van der Waals surface area contributed by atoms with Crippen LogP contribution < -0.4 is 4.74 Å². The molecule has 1 aromatic rings. The summed E-state index contributed by atoms with van der Waals surface area (Å²) >= 11 is 0. The van der Waals surface area contributed by atoms with Gasteiger partial charge in [-0.15, -0.1) is 0 Å². The monoisotopic (exact) mass is 358 g/mol. The molecule has 0 N–H and O–H groups in total. The maximum absolute atomic E-state index is 12.5. The molecule has 0 radical (unpaired) electrons. The summed E-state index contributed by atoms with van der Waals surface area (Å²) in [5.74, 6) is 1.14. The first kappa shape index (κ1) is 17.8. The number of rotatable bonds is 5. The Morgan fingerprint density at radius 2 is 1.81 bits per heavy atom. The maximum Gasteiger partial charge on any atom is 0.254 e. The number of likely N-dealkylation sites (N-methyl/N-ethyl adjacent to an activating group) is 1. The molecule has 142 valence electrons. The average molecular weight is 358 g/mol. The van der Waals surface area contributed by atoms with Crippen molar-refractivity contribution in [1.82, 2.24) is 9.80 Å². The molecule has 1 aromatic carbocycles. The molecule has 1 saturated carbocycles. The minimum absolute atomic E-state index is 0.114. The number of piperidine rings is 1. The van der Waals surface area contributed by atoms with E-state index in [0.29, 0.717) is 0 Å². The molecule has 5 heteroatoms. The highest BCUT2D eigenvalue weighted by molar-refractivity contribution is 5.89. The second-order valence-electron chi connectivity index (χ2n) is 8.04. The van der Waals surface area contributed by atoms with Gasteiger partial charge in [-0.3, -0.25) is 4.79 Å². The molecular weight excluding hydrogens is 328 g/mol. The fourth-order valence-electron chi connectivity index (χ4n) is 4.41. The normalized spacial score (nSPS) is 24.2. The number of morpholine rings is 1. The van der Waals surface area contributed by atoms with Gasteiger partial charge in [-0.2, -0.15) is 0 Å². The smallest absolute Gasteiger partial charge is 0.254 e. The van der Waals surface area contributed by atoms with E-state index < -0.39 is 5.60 Å². The summed E-state index contributed by atoms with van der Waals surface area (Å²) in [5.41, 5.74) is 0.774. The lowest BCUT2D eigenvalue weighted by Gasteiger charge is -2.50. The van der Waals surface area contributed by atoms with Gasteiger partial charge in [0.2, 0.25) is 0 Å². The Hall–Kier alpha value is -1.59. The fraction of sp³-hybridized carbons (Fsp3) is 0.667. The molecule has 0 bridgehead atoms. The van der Waals surface area contributed by atoms with Crippen LogP contribution in [0.2, 0.25) is 0 Å². The van der Waals surface area contributed by atoms with Gasteiger partial charge in [0.1, 0.15) is 11.4 Å². The zero-order valence-corrected chi connectivity index (χ0v) is 16.0. The molecule has 0 aromatic heterocycles. The van der Waals surface area contributed by atoms with Crippen LogP contribution >= 0.6 is 0 Å². The van der Waals surface area contributed by atoms with E-state index in [0.717, 1.165) is 70.6 Å². The number of carbonyl (C=O) groups excluding carboxylic acids is 1. The molecule has 26 heavy (non-hydrogen) atoms. The fourth-order valence-corrected chi connectivity index (χ4v) is 4.41. The van der Waals surface area contributed by atoms with Crippen LogP contribution in [0.15, 0.2) is 24.3 Å². The van der Waals surface area contributed by atoms with Gasteiger partial charge in [0, 0.05) is 32.7 Å². The summed E-state index contributed by atoms with van der Waals surface area (Å²) in [6.07, 6.45) is 4.93. The molecular formula is C21H30N2O3. The van der Waals surface area contributed by atoms with E-state index >= 15 is 0 Å². The minimum Gasteiger partial charge on any atom is -0.497 e. The highest BCUT2D eigenvalue weighted by atomic mass is 16.5. The first-order chi connectivity index (χ1) is 12.6. The summed E-state index contributed by atoms with van der Waals surface area (Å²) in [6, 6.07) is 8.36. The molecule has 2 saturated heterocycles. The molecule has 1 aliphatic carbocycles. The number of likely N-dealkylation sites (tertiary alicyclic amines) is 1. The SMILES string of the molecule is CCN1CC2(CCN(CCc3ccc(OC)cc3)CC2)OC2(CC2)C1=O. The van der Waals surface area contributed by atoms with Crippen LogP contribution in [-0.4, -0.2) is 66.7 Å². The third-order valence-electron chi connectivity index (χ3n) is 6.30. The molecule has 0 atom stereocenters. The number of nitrogens with zero attached hydrogens (tertiary/aromatic N) is 2.